The average molecular weight is 264 g/mol. The van der Waals surface area contributed by atoms with Crippen molar-refractivity contribution >= 4 is 11.7 Å². The van der Waals surface area contributed by atoms with Gasteiger partial charge in [0, 0.05) is 12.6 Å². The van der Waals surface area contributed by atoms with Crippen LogP contribution in [-0.4, -0.2) is 46.4 Å². The summed E-state index contributed by atoms with van der Waals surface area (Å²) in [4.78, 5) is 24.9. The molecule has 1 fully saturated rings. The van der Waals surface area contributed by atoms with Crippen LogP contribution < -0.4 is 5.73 Å². The number of nitrogens with zero attached hydrogens (tertiary/aromatic N) is 1. The molecular formula is C13H16N2O4. The molecule has 1 atom stereocenters. The summed E-state index contributed by atoms with van der Waals surface area (Å²) in [5, 5.41) is 18.8. The van der Waals surface area contributed by atoms with Gasteiger partial charge in [-0.1, -0.05) is 0 Å². The SMILES string of the molecule is NC(=O)C1CCN(CC(=O)c2ccc(O)cc2O)C1. The Morgan fingerprint density at radius 2 is 2.11 bits per heavy atom. The number of phenolic OH excluding ortho intramolecular Hbond substituents is 2. The summed E-state index contributed by atoms with van der Waals surface area (Å²) < 4.78 is 0. The number of Topliss-reactive ketones (excluding diaryl/α,β-unsaturated/α-hetero) is 1. The van der Waals surface area contributed by atoms with Gasteiger partial charge in [-0.15, -0.1) is 0 Å². The van der Waals surface area contributed by atoms with Gasteiger partial charge >= 0.3 is 0 Å². The molecule has 1 saturated heterocycles. The number of ketones is 1. The molecule has 1 aliphatic rings. The minimum atomic E-state index is -0.345. The second kappa shape index (κ2) is 5.27. The Kier molecular flexibility index (Phi) is 3.71. The first-order valence-electron chi connectivity index (χ1n) is 6.04. The lowest BCUT2D eigenvalue weighted by atomic mass is 10.1. The monoisotopic (exact) mass is 264 g/mol. The van der Waals surface area contributed by atoms with Crippen molar-refractivity contribution in [2.24, 2.45) is 11.7 Å². The maximum atomic E-state index is 12.0. The summed E-state index contributed by atoms with van der Waals surface area (Å²) in [6, 6.07) is 3.86. The van der Waals surface area contributed by atoms with Gasteiger partial charge in [0.25, 0.3) is 0 Å². The van der Waals surface area contributed by atoms with Gasteiger partial charge in [-0.2, -0.15) is 0 Å². The number of phenols is 2. The molecule has 1 unspecified atom stereocenters. The molecule has 0 saturated carbocycles. The van der Waals surface area contributed by atoms with Crippen LogP contribution in [0, 0.1) is 5.92 Å². The number of carbonyl (C=O) groups excluding carboxylic acids is 2. The molecule has 0 bridgehead atoms. The first-order valence-corrected chi connectivity index (χ1v) is 6.04. The molecule has 102 valence electrons. The van der Waals surface area contributed by atoms with E-state index >= 15 is 0 Å². The Labute approximate surface area is 110 Å². The third-order valence-corrected chi connectivity index (χ3v) is 3.32. The molecule has 1 aliphatic heterocycles. The van der Waals surface area contributed by atoms with Crippen molar-refractivity contribution in [3.8, 4) is 11.5 Å². The molecule has 2 rings (SSSR count). The van der Waals surface area contributed by atoms with Gasteiger partial charge in [0.1, 0.15) is 11.5 Å². The Morgan fingerprint density at radius 1 is 1.37 bits per heavy atom. The van der Waals surface area contributed by atoms with Crippen molar-refractivity contribution in [3.05, 3.63) is 23.8 Å². The topological polar surface area (TPSA) is 104 Å². The van der Waals surface area contributed by atoms with Gasteiger partial charge in [-0.25, -0.2) is 0 Å². The highest BCUT2D eigenvalue weighted by Gasteiger charge is 2.28. The molecule has 4 N–H and O–H groups in total. The number of amides is 1. The molecule has 1 heterocycles. The standard InChI is InChI=1S/C13H16N2O4/c14-13(19)8-3-4-15(6-8)7-12(18)10-2-1-9(16)5-11(10)17/h1-2,5,8,16-17H,3-4,6-7H2,(H2,14,19). The minimum absolute atomic E-state index is 0.0935. The van der Waals surface area contributed by atoms with Gasteiger partial charge < -0.3 is 15.9 Å². The van der Waals surface area contributed by atoms with Crippen molar-refractivity contribution in [2.75, 3.05) is 19.6 Å². The minimum Gasteiger partial charge on any atom is -0.508 e. The van der Waals surface area contributed by atoms with Crippen LogP contribution in [0.3, 0.4) is 0 Å². The molecule has 1 aromatic carbocycles. The van der Waals surface area contributed by atoms with Crippen molar-refractivity contribution in [3.63, 3.8) is 0 Å². The zero-order chi connectivity index (χ0) is 14.0. The van der Waals surface area contributed by atoms with Crippen molar-refractivity contribution in [1.82, 2.24) is 4.90 Å². The van der Waals surface area contributed by atoms with E-state index in [1.807, 2.05) is 4.90 Å². The quantitative estimate of drug-likeness (QED) is 0.668. The maximum Gasteiger partial charge on any atom is 0.221 e. The zero-order valence-corrected chi connectivity index (χ0v) is 10.4. The zero-order valence-electron chi connectivity index (χ0n) is 10.4. The normalized spacial score (nSPS) is 19.5. The first kappa shape index (κ1) is 13.4. The van der Waals surface area contributed by atoms with E-state index < -0.39 is 0 Å². The van der Waals surface area contributed by atoms with Crippen LogP contribution in [0.5, 0.6) is 11.5 Å². The number of hydrogen-bond acceptors (Lipinski definition) is 5. The van der Waals surface area contributed by atoms with Crippen LogP contribution in [-0.2, 0) is 4.79 Å². The largest absolute Gasteiger partial charge is 0.508 e. The smallest absolute Gasteiger partial charge is 0.221 e. The molecular weight excluding hydrogens is 248 g/mol. The van der Waals surface area contributed by atoms with E-state index in [1.165, 1.54) is 12.1 Å². The van der Waals surface area contributed by atoms with E-state index in [-0.39, 0.29) is 41.2 Å². The lowest BCUT2D eigenvalue weighted by molar-refractivity contribution is -0.121. The van der Waals surface area contributed by atoms with Crippen LogP contribution in [0.25, 0.3) is 0 Å². The Morgan fingerprint density at radius 3 is 2.68 bits per heavy atom. The Hall–Kier alpha value is -2.08. The fourth-order valence-corrected chi connectivity index (χ4v) is 2.25. The number of primary amides is 1. The van der Waals surface area contributed by atoms with E-state index in [0.717, 1.165) is 6.07 Å². The van der Waals surface area contributed by atoms with E-state index in [4.69, 9.17) is 10.8 Å². The van der Waals surface area contributed by atoms with Gasteiger partial charge in [0.15, 0.2) is 5.78 Å². The summed E-state index contributed by atoms with van der Waals surface area (Å²) >= 11 is 0. The number of hydrogen-bond donors (Lipinski definition) is 3. The average Bonchev–Trinajstić information content (AvgIpc) is 2.77. The van der Waals surface area contributed by atoms with Crippen LogP contribution in [0.2, 0.25) is 0 Å². The molecule has 0 radical (unpaired) electrons. The fraction of sp³-hybridized carbons (Fsp3) is 0.385. The molecule has 0 aliphatic carbocycles. The molecule has 19 heavy (non-hydrogen) atoms. The summed E-state index contributed by atoms with van der Waals surface area (Å²) in [7, 11) is 0. The molecule has 6 heteroatoms. The summed E-state index contributed by atoms with van der Waals surface area (Å²) in [5.41, 5.74) is 5.39. The van der Waals surface area contributed by atoms with E-state index in [2.05, 4.69) is 0 Å². The highest BCUT2D eigenvalue weighted by Crippen LogP contribution is 2.24. The predicted molar refractivity (Wildman–Crippen MR) is 67.8 cm³/mol. The second-order valence-electron chi connectivity index (χ2n) is 4.75. The number of carbonyl (C=O) groups is 2. The molecule has 6 nitrogen and oxygen atoms in total. The van der Waals surface area contributed by atoms with Crippen LogP contribution >= 0.6 is 0 Å². The fourth-order valence-electron chi connectivity index (χ4n) is 2.25. The van der Waals surface area contributed by atoms with Crippen LogP contribution in [0.1, 0.15) is 16.8 Å². The summed E-state index contributed by atoms with van der Waals surface area (Å²) in [5.74, 6) is -1.13. The number of benzene rings is 1. The van der Waals surface area contributed by atoms with Gasteiger partial charge in [0.05, 0.1) is 18.0 Å². The maximum absolute atomic E-state index is 12.0. The highest BCUT2D eigenvalue weighted by atomic mass is 16.3. The summed E-state index contributed by atoms with van der Waals surface area (Å²) in [6.07, 6.45) is 0.657. The van der Waals surface area contributed by atoms with E-state index in [9.17, 15) is 14.7 Å². The number of rotatable bonds is 4. The van der Waals surface area contributed by atoms with Gasteiger partial charge in [0.2, 0.25) is 5.91 Å². The van der Waals surface area contributed by atoms with Crippen molar-refractivity contribution < 1.29 is 19.8 Å². The highest BCUT2D eigenvalue weighted by molar-refractivity contribution is 6.00. The van der Waals surface area contributed by atoms with Crippen LogP contribution in [0.15, 0.2) is 18.2 Å². The van der Waals surface area contributed by atoms with Crippen molar-refractivity contribution in [2.45, 2.75) is 6.42 Å². The van der Waals surface area contributed by atoms with E-state index in [0.29, 0.717) is 19.5 Å². The molecule has 0 aromatic heterocycles. The van der Waals surface area contributed by atoms with Gasteiger partial charge in [-0.3, -0.25) is 14.5 Å². The molecule has 1 amide bonds. The van der Waals surface area contributed by atoms with E-state index in [1.54, 1.807) is 0 Å². The third-order valence-electron chi connectivity index (χ3n) is 3.32. The molecule has 1 aromatic rings. The first-order chi connectivity index (χ1) is 8.97. The number of aromatic hydroxyl groups is 2. The number of likely N-dealkylation sites (tertiary alicyclic amines) is 1. The van der Waals surface area contributed by atoms with Crippen LogP contribution in [0.4, 0.5) is 0 Å². The Bertz CT molecular complexity index is 515. The Balaban J connectivity index is 2.00. The lowest BCUT2D eigenvalue weighted by Gasteiger charge is -2.14. The third kappa shape index (κ3) is 3.03. The molecule has 0 spiro atoms. The van der Waals surface area contributed by atoms with Gasteiger partial charge in [-0.05, 0) is 25.1 Å². The lowest BCUT2D eigenvalue weighted by Crippen LogP contribution is -2.31. The second-order valence-corrected chi connectivity index (χ2v) is 4.75. The van der Waals surface area contributed by atoms with Crippen molar-refractivity contribution in [1.29, 1.82) is 0 Å². The summed E-state index contributed by atoms with van der Waals surface area (Å²) in [6.45, 7) is 1.24. The predicted octanol–water partition coefficient (Wildman–Crippen LogP) is 0.0877. The number of nitrogens with two attached hydrogens (primary N) is 1.